The molecule has 4 heterocycles. The van der Waals surface area contributed by atoms with Gasteiger partial charge in [0.15, 0.2) is 5.78 Å². The molecule has 11 nitrogen and oxygen atoms in total. The maximum Gasteiger partial charge on any atom is 0.272 e. The van der Waals surface area contributed by atoms with E-state index in [1.165, 1.54) is 4.80 Å². The lowest BCUT2D eigenvalue weighted by atomic mass is 9.82. The predicted molar refractivity (Wildman–Crippen MR) is 137 cm³/mol. The number of amides is 1. The summed E-state index contributed by atoms with van der Waals surface area (Å²) in [6, 6.07) is 12.6. The van der Waals surface area contributed by atoms with Crippen LogP contribution in [-0.4, -0.2) is 74.7 Å². The van der Waals surface area contributed by atoms with Crippen molar-refractivity contribution in [1.29, 1.82) is 0 Å². The van der Waals surface area contributed by atoms with Crippen molar-refractivity contribution in [1.82, 2.24) is 30.1 Å². The fourth-order valence-electron chi connectivity index (χ4n) is 5.23. The van der Waals surface area contributed by atoms with E-state index in [4.69, 9.17) is 14.2 Å². The van der Waals surface area contributed by atoms with Crippen molar-refractivity contribution in [2.24, 2.45) is 7.05 Å². The average molecular weight is 515 g/mol. The Morgan fingerprint density at radius 2 is 1.84 bits per heavy atom. The third kappa shape index (κ3) is 4.00. The van der Waals surface area contributed by atoms with Gasteiger partial charge >= 0.3 is 0 Å². The van der Waals surface area contributed by atoms with E-state index in [0.29, 0.717) is 65.6 Å². The lowest BCUT2D eigenvalue weighted by Gasteiger charge is -2.43. The lowest BCUT2D eigenvalue weighted by Crippen LogP contribution is -2.52. The number of nitrogens with zero attached hydrogens (tertiary/aromatic N) is 6. The minimum absolute atomic E-state index is 0.00444. The molecule has 2 aromatic heterocycles. The highest BCUT2D eigenvalue weighted by molar-refractivity contribution is 6.01. The van der Waals surface area contributed by atoms with Crippen LogP contribution in [0.2, 0.25) is 0 Å². The van der Waals surface area contributed by atoms with Crippen LogP contribution in [0.15, 0.2) is 42.5 Å². The van der Waals surface area contributed by atoms with Gasteiger partial charge in [0.25, 0.3) is 5.91 Å². The molecule has 4 aromatic rings. The number of para-hydroxylation sites is 1. The Bertz CT molecular complexity index is 1570. The number of aromatic nitrogens is 5. The van der Waals surface area contributed by atoms with Gasteiger partial charge < -0.3 is 19.1 Å². The van der Waals surface area contributed by atoms with Crippen LogP contribution in [0.3, 0.4) is 0 Å². The second-order valence-electron chi connectivity index (χ2n) is 9.56. The number of benzene rings is 2. The zero-order valence-electron chi connectivity index (χ0n) is 21.3. The third-order valence-corrected chi connectivity index (χ3v) is 7.24. The second-order valence-corrected chi connectivity index (χ2v) is 9.56. The number of pyridine rings is 1. The van der Waals surface area contributed by atoms with Crippen molar-refractivity contribution in [2.45, 2.75) is 24.9 Å². The van der Waals surface area contributed by atoms with Crippen LogP contribution in [0.4, 0.5) is 0 Å². The Balaban J connectivity index is 1.21. The van der Waals surface area contributed by atoms with Gasteiger partial charge in [-0.3, -0.25) is 9.59 Å². The van der Waals surface area contributed by atoms with Gasteiger partial charge in [0, 0.05) is 42.9 Å². The average Bonchev–Trinajstić information content (AvgIpc) is 3.38. The van der Waals surface area contributed by atoms with Gasteiger partial charge in [-0.25, -0.2) is 4.98 Å². The first kappa shape index (κ1) is 23.8. The quantitative estimate of drug-likeness (QED) is 0.404. The number of fused-ring (bicyclic) bond motifs is 2. The zero-order valence-corrected chi connectivity index (χ0v) is 21.3. The van der Waals surface area contributed by atoms with Crippen molar-refractivity contribution < 1.29 is 23.8 Å². The van der Waals surface area contributed by atoms with Crippen LogP contribution in [0.5, 0.6) is 17.2 Å². The maximum absolute atomic E-state index is 13.5. The fourth-order valence-corrected chi connectivity index (χ4v) is 5.23. The smallest absolute Gasteiger partial charge is 0.272 e. The summed E-state index contributed by atoms with van der Waals surface area (Å²) in [6.07, 6.45) is 1.31. The number of ketones is 1. The maximum atomic E-state index is 13.5. The van der Waals surface area contributed by atoms with Crippen LogP contribution in [0.1, 0.15) is 40.1 Å². The Kier molecular flexibility index (Phi) is 5.70. The molecule has 0 atom stereocenters. The molecule has 6 rings (SSSR count). The highest BCUT2D eigenvalue weighted by atomic mass is 16.5. The van der Waals surface area contributed by atoms with E-state index in [1.54, 1.807) is 50.4 Å². The van der Waals surface area contributed by atoms with E-state index in [-0.39, 0.29) is 23.8 Å². The highest BCUT2D eigenvalue weighted by Crippen LogP contribution is 2.41. The van der Waals surface area contributed by atoms with Gasteiger partial charge in [-0.05, 0) is 35.5 Å². The number of hydrogen-bond donors (Lipinski definition) is 0. The van der Waals surface area contributed by atoms with E-state index in [1.807, 2.05) is 18.2 Å². The van der Waals surface area contributed by atoms with Crippen LogP contribution < -0.4 is 14.2 Å². The number of likely N-dealkylation sites (tertiary alicyclic amines) is 1. The Hall–Kier alpha value is -4.54. The number of aryl methyl sites for hydroxylation is 1. The van der Waals surface area contributed by atoms with Crippen LogP contribution >= 0.6 is 0 Å². The summed E-state index contributed by atoms with van der Waals surface area (Å²) in [7, 11) is 4.82. The molecule has 11 heteroatoms. The summed E-state index contributed by atoms with van der Waals surface area (Å²) in [5, 5.41) is 12.9. The molecule has 38 heavy (non-hydrogen) atoms. The highest BCUT2D eigenvalue weighted by Gasteiger charge is 2.44. The van der Waals surface area contributed by atoms with Crippen molar-refractivity contribution in [3.63, 3.8) is 0 Å². The number of methoxy groups -OCH3 is 2. The number of carbonyl (C=O) groups is 2. The molecule has 2 aromatic carbocycles. The molecular formula is C27H26N6O5. The van der Waals surface area contributed by atoms with Gasteiger partial charge in [-0.2, -0.15) is 4.80 Å². The van der Waals surface area contributed by atoms with Crippen LogP contribution in [0, 0.1) is 0 Å². The fraction of sp³-hybridized carbons (Fsp3) is 0.333. The van der Waals surface area contributed by atoms with Crippen molar-refractivity contribution >= 4 is 22.6 Å². The Morgan fingerprint density at radius 1 is 1.05 bits per heavy atom. The molecular weight excluding hydrogens is 488 g/mol. The minimum Gasteiger partial charge on any atom is -0.496 e. The molecule has 194 valence electrons. The minimum atomic E-state index is -0.648. The van der Waals surface area contributed by atoms with Crippen LogP contribution in [0.25, 0.3) is 22.3 Å². The predicted octanol–water partition coefficient (Wildman–Crippen LogP) is 3.08. The zero-order chi connectivity index (χ0) is 26.4. The summed E-state index contributed by atoms with van der Waals surface area (Å²) < 4.78 is 17.4. The summed E-state index contributed by atoms with van der Waals surface area (Å²) >= 11 is 0. The van der Waals surface area contributed by atoms with Gasteiger partial charge in [-0.15, -0.1) is 10.2 Å². The third-order valence-electron chi connectivity index (χ3n) is 7.24. The number of carbonyl (C=O) groups excluding carboxylic acids is 2. The topological polar surface area (TPSA) is 122 Å². The first-order chi connectivity index (χ1) is 18.4. The molecule has 0 N–H and O–H groups in total. The van der Waals surface area contributed by atoms with Gasteiger partial charge in [0.1, 0.15) is 34.1 Å². The molecule has 0 radical (unpaired) electrons. The van der Waals surface area contributed by atoms with E-state index in [2.05, 4.69) is 20.4 Å². The molecule has 1 fully saturated rings. The number of ether oxygens (including phenoxy) is 3. The number of rotatable bonds is 4. The standard InChI is InChI=1S/C27H26N6O5/c1-32-30-25(29-31-32)16-7-8-21-18(13-16)20(34)15-27(38-21)9-11-33(12-10-27)26(35)19-14-23(37-3)17-5-4-6-22(36-2)24(17)28-19/h4-8,13-14H,9-12,15H2,1-3H3. The summed E-state index contributed by atoms with van der Waals surface area (Å²) in [5.41, 5.74) is 1.43. The Labute approximate surface area is 218 Å². The normalized spacial score (nSPS) is 16.3. The lowest BCUT2D eigenvalue weighted by molar-refractivity contribution is -0.00583. The molecule has 1 spiro atoms. The summed E-state index contributed by atoms with van der Waals surface area (Å²) in [4.78, 5) is 34.4. The van der Waals surface area contributed by atoms with E-state index in [9.17, 15) is 9.59 Å². The molecule has 0 unspecified atom stereocenters. The van der Waals surface area contributed by atoms with Crippen LogP contribution in [-0.2, 0) is 7.05 Å². The van der Waals surface area contributed by atoms with E-state index < -0.39 is 5.60 Å². The molecule has 0 bridgehead atoms. The number of Topliss-reactive ketones (excluding diaryl/α,β-unsaturated/α-hetero) is 1. The Morgan fingerprint density at radius 3 is 2.55 bits per heavy atom. The second kappa shape index (κ2) is 9.09. The molecule has 0 aliphatic carbocycles. The summed E-state index contributed by atoms with van der Waals surface area (Å²) in [6.45, 7) is 0.883. The van der Waals surface area contributed by atoms with Gasteiger partial charge in [-0.1, -0.05) is 6.07 Å². The molecule has 1 saturated heterocycles. The first-order valence-corrected chi connectivity index (χ1v) is 12.3. The molecule has 2 aliphatic rings. The number of hydrogen-bond acceptors (Lipinski definition) is 9. The number of tetrazole rings is 1. The first-order valence-electron chi connectivity index (χ1n) is 12.3. The monoisotopic (exact) mass is 514 g/mol. The van der Waals surface area contributed by atoms with Crippen molar-refractivity contribution in [3.8, 4) is 28.6 Å². The molecule has 2 aliphatic heterocycles. The largest absolute Gasteiger partial charge is 0.496 e. The van der Waals surface area contributed by atoms with E-state index in [0.717, 1.165) is 5.39 Å². The van der Waals surface area contributed by atoms with Crippen molar-refractivity contribution in [2.75, 3.05) is 27.3 Å². The SMILES string of the molecule is COc1cc(C(=O)N2CCC3(CC2)CC(=O)c2cc(-c4nnn(C)n4)ccc2O3)nc2c(OC)cccc12. The molecule has 0 saturated carbocycles. The van der Waals surface area contributed by atoms with Gasteiger partial charge in [0.05, 0.1) is 33.3 Å². The van der Waals surface area contributed by atoms with Gasteiger partial charge in [0.2, 0.25) is 5.82 Å². The number of piperidine rings is 1. The van der Waals surface area contributed by atoms with Crippen molar-refractivity contribution in [3.05, 3.63) is 53.7 Å². The molecule has 1 amide bonds. The van der Waals surface area contributed by atoms with E-state index >= 15 is 0 Å². The summed E-state index contributed by atoms with van der Waals surface area (Å²) in [5.74, 6) is 1.92.